The van der Waals surface area contributed by atoms with Crippen LogP contribution in [0.1, 0.15) is 56.3 Å². The number of nitrogens with one attached hydrogen (secondary N) is 1. The SMILES string of the molecule is CC[C@H](C)n1c(SCC(=O)N[C@H]2CCCc3ccccc32)nc2ccccc2c1=O. The van der Waals surface area contributed by atoms with Crippen LogP contribution in [-0.2, 0) is 11.2 Å². The molecule has 30 heavy (non-hydrogen) atoms. The molecular formula is C24H27N3O2S. The van der Waals surface area contributed by atoms with Gasteiger partial charge >= 0.3 is 0 Å². The average molecular weight is 422 g/mol. The Kier molecular flexibility index (Phi) is 6.23. The maximum atomic E-state index is 13.1. The highest BCUT2D eigenvalue weighted by atomic mass is 32.2. The topological polar surface area (TPSA) is 64.0 Å². The van der Waals surface area contributed by atoms with E-state index in [4.69, 9.17) is 4.98 Å². The molecule has 4 rings (SSSR count). The van der Waals surface area contributed by atoms with E-state index in [1.165, 1.54) is 22.9 Å². The van der Waals surface area contributed by atoms with Gasteiger partial charge in [0.25, 0.3) is 5.56 Å². The van der Waals surface area contributed by atoms with Crippen LogP contribution in [0.4, 0.5) is 0 Å². The van der Waals surface area contributed by atoms with E-state index in [9.17, 15) is 9.59 Å². The van der Waals surface area contributed by atoms with Crippen molar-refractivity contribution in [1.29, 1.82) is 0 Å². The maximum absolute atomic E-state index is 13.1. The highest BCUT2D eigenvalue weighted by Crippen LogP contribution is 2.30. The fourth-order valence-electron chi connectivity index (χ4n) is 4.07. The van der Waals surface area contributed by atoms with Crippen molar-refractivity contribution in [1.82, 2.24) is 14.9 Å². The zero-order chi connectivity index (χ0) is 21.1. The van der Waals surface area contributed by atoms with Crippen LogP contribution in [0.3, 0.4) is 0 Å². The molecular weight excluding hydrogens is 394 g/mol. The van der Waals surface area contributed by atoms with Crippen LogP contribution in [0.25, 0.3) is 10.9 Å². The number of nitrogens with zero attached hydrogens (tertiary/aromatic N) is 2. The van der Waals surface area contributed by atoms with E-state index >= 15 is 0 Å². The molecule has 2 atom stereocenters. The van der Waals surface area contributed by atoms with E-state index in [0.29, 0.717) is 16.1 Å². The van der Waals surface area contributed by atoms with Gasteiger partial charge in [-0.2, -0.15) is 0 Å². The Bertz CT molecular complexity index is 1120. The minimum atomic E-state index is -0.0425. The standard InChI is InChI=1S/C24H27N3O2S/c1-3-16(2)27-23(29)19-12-6-7-13-21(19)26-24(27)30-15-22(28)25-20-14-8-10-17-9-4-5-11-18(17)20/h4-7,9,11-13,16,20H,3,8,10,14-15H2,1-2H3,(H,25,28)/t16-,20-/m0/s1. The second kappa shape index (κ2) is 9.04. The summed E-state index contributed by atoms with van der Waals surface area (Å²) >= 11 is 1.34. The van der Waals surface area contributed by atoms with E-state index in [2.05, 4.69) is 23.5 Å². The van der Waals surface area contributed by atoms with Gasteiger partial charge in [0.05, 0.1) is 22.7 Å². The van der Waals surface area contributed by atoms with Gasteiger partial charge in [0.15, 0.2) is 5.16 Å². The van der Waals surface area contributed by atoms with Crippen LogP contribution < -0.4 is 10.9 Å². The maximum Gasteiger partial charge on any atom is 0.262 e. The van der Waals surface area contributed by atoms with Crippen molar-refractivity contribution >= 4 is 28.6 Å². The van der Waals surface area contributed by atoms with Gasteiger partial charge in [-0.25, -0.2) is 4.98 Å². The largest absolute Gasteiger partial charge is 0.349 e. The molecule has 1 heterocycles. The zero-order valence-electron chi connectivity index (χ0n) is 17.4. The lowest BCUT2D eigenvalue weighted by molar-refractivity contribution is -0.119. The molecule has 6 heteroatoms. The Morgan fingerprint density at radius 3 is 2.83 bits per heavy atom. The van der Waals surface area contributed by atoms with E-state index < -0.39 is 0 Å². The third kappa shape index (κ3) is 4.15. The number of para-hydroxylation sites is 1. The Labute approximate surface area is 180 Å². The normalized spacial score (nSPS) is 16.8. The summed E-state index contributed by atoms with van der Waals surface area (Å²) in [7, 11) is 0. The quantitative estimate of drug-likeness (QED) is 0.465. The molecule has 0 fully saturated rings. The molecule has 156 valence electrons. The summed E-state index contributed by atoms with van der Waals surface area (Å²) in [5.74, 6) is 0.208. The molecule has 1 aliphatic rings. The summed E-state index contributed by atoms with van der Waals surface area (Å²) in [6.07, 6.45) is 3.92. The van der Waals surface area contributed by atoms with Crippen molar-refractivity contribution in [3.63, 3.8) is 0 Å². The lowest BCUT2D eigenvalue weighted by Gasteiger charge is -2.26. The lowest BCUT2D eigenvalue weighted by atomic mass is 9.88. The molecule has 0 radical (unpaired) electrons. The number of hydrogen-bond donors (Lipinski definition) is 1. The van der Waals surface area contributed by atoms with Gasteiger partial charge in [0.2, 0.25) is 5.91 Å². The number of aryl methyl sites for hydroxylation is 1. The van der Waals surface area contributed by atoms with Crippen molar-refractivity contribution in [3.8, 4) is 0 Å². The molecule has 1 N–H and O–H groups in total. The first-order valence-electron chi connectivity index (χ1n) is 10.6. The van der Waals surface area contributed by atoms with Crippen LogP contribution in [0.5, 0.6) is 0 Å². The van der Waals surface area contributed by atoms with Gasteiger partial charge in [-0.1, -0.05) is 55.1 Å². The third-order valence-electron chi connectivity index (χ3n) is 5.84. The van der Waals surface area contributed by atoms with E-state index in [1.807, 2.05) is 44.2 Å². The number of aromatic nitrogens is 2. The second-order valence-electron chi connectivity index (χ2n) is 7.84. The number of rotatable bonds is 6. The number of amides is 1. The molecule has 5 nitrogen and oxygen atoms in total. The van der Waals surface area contributed by atoms with Gasteiger partial charge in [-0.3, -0.25) is 14.2 Å². The first kappa shape index (κ1) is 20.7. The number of hydrogen-bond acceptors (Lipinski definition) is 4. The Balaban J connectivity index is 1.54. The predicted octanol–water partition coefficient (Wildman–Crippen LogP) is 4.65. The van der Waals surface area contributed by atoms with Crippen LogP contribution in [0.2, 0.25) is 0 Å². The van der Waals surface area contributed by atoms with Crippen LogP contribution in [-0.4, -0.2) is 21.2 Å². The van der Waals surface area contributed by atoms with Gasteiger partial charge in [-0.15, -0.1) is 0 Å². The van der Waals surface area contributed by atoms with Crippen LogP contribution in [0, 0.1) is 0 Å². The summed E-state index contributed by atoms with van der Waals surface area (Å²) in [6, 6.07) is 15.8. The van der Waals surface area contributed by atoms with E-state index in [1.54, 1.807) is 4.57 Å². The number of benzene rings is 2. The fourth-order valence-corrected chi connectivity index (χ4v) is 4.98. The number of fused-ring (bicyclic) bond motifs is 2. The smallest absolute Gasteiger partial charge is 0.262 e. The Hall–Kier alpha value is -2.60. The lowest BCUT2D eigenvalue weighted by Crippen LogP contribution is -2.32. The first-order valence-corrected chi connectivity index (χ1v) is 11.6. The van der Waals surface area contributed by atoms with Crippen LogP contribution >= 0.6 is 11.8 Å². The molecule has 3 aromatic rings. The highest BCUT2D eigenvalue weighted by Gasteiger charge is 2.22. The van der Waals surface area contributed by atoms with Gasteiger partial charge in [0.1, 0.15) is 0 Å². The molecule has 1 amide bonds. The average Bonchev–Trinajstić information content (AvgIpc) is 2.77. The van der Waals surface area contributed by atoms with Crippen molar-refractivity contribution in [2.24, 2.45) is 0 Å². The minimum absolute atomic E-state index is 0.0189. The van der Waals surface area contributed by atoms with Gasteiger partial charge in [0, 0.05) is 6.04 Å². The van der Waals surface area contributed by atoms with Gasteiger partial charge < -0.3 is 5.32 Å². The molecule has 0 unspecified atom stereocenters. The number of carbonyl (C=O) groups excluding carboxylic acids is 1. The van der Waals surface area contributed by atoms with E-state index in [-0.39, 0.29) is 29.3 Å². The minimum Gasteiger partial charge on any atom is -0.349 e. The summed E-state index contributed by atoms with van der Waals surface area (Å²) in [4.78, 5) is 30.5. The molecule has 2 aromatic carbocycles. The van der Waals surface area contributed by atoms with Crippen molar-refractivity contribution in [2.75, 3.05) is 5.75 Å². The molecule has 1 aliphatic carbocycles. The van der Waals surface area contributed by atoms with Crippen molar-refractivity contribution in [3.05, 3.63) is 70.0 Å². The van der Waals surface area contributed by atoms with Crippen molar-refractivity contribution in [2.45, 2.75) is 56.8 Å². The fraction of sp³-hybridized carbons (Fsp3) is 0.375. The molecule has 0 saturated heterocycles. The van der Waals surface area contributed by atoms with Crippen LogP contribution in [0.15, 0.2) is 58.5 Å². The Morgan fingerprint density at radius 2 is 2.00 bits per heavy atom. The predicted molar refractivity (Wildman–Crippen MR) is 122 cm³/mol. The van der Waals surface area contributed by atoms with Gasteiger partial charge in [-0.05, 0) is 55.9 Å². The molecule has 0 saturated carbocycles. The number of thioether (sulfide) groups is 1. The summed E-state index contributed by atoms with van der Waals surface area (Å²) in [6.45, 7) is 4.06. The molecule has 0 aliphatic heterocycles. The highest BCUT2D eigenvalue weighted by molar-refractivity contribution is 7.99. The number of carbonyl (C=O) groups is 1. The molecule has 1 aromatic heterocycles. The zero-order valence-corrected chi connectivity index (χ0v) is 18.2. The van der Waals surface area contributed by atoms with E-state index in [0.717, 1.165) is 25.7 Å². The molecule has 0 spiro atoms. The summed E-state index contributed by atoms with van der Waals surface area (Å²) in [5, 5.41) is 4.40. The van der Waals surface area contributed by atoms with Crippen molar-refractivity contribution < 1.29 is 4.79 Å². The Morgan fingerprint density at radius 1 is 1.23 bits per heavy atom. The first-order chi connectivity index (χ1) is 14.6. The monoisotopic (exact) mass is 421 g/mol. The summed E-state index contributed by atoms with van der Waals surface area (Å²) < 4.78 is 1.73. The second-order valence-corrected chi connectivity index (χ2v) is 8.79. The summed E-state index contributed by atoms with van der Waals surface area (Å²) in [5.41, 5.74) is 3.18. The third-order valence-corrected chi connectivity index (χ3v) is 6.80. The molecule has 0 bridgehead atoms.